The van der Waals surface area contributed by atoms with Gasteiger partial charge in [-0.1, -0.05) is 19.1 Å². The highest BCUT2D eigenvalue weighted by Crippen LogP contribution is 2.28. The van der Waals surface area contributed by atoms with Gasteiger partial charge in [0.05, 0.1) is 16.0 Å². The molecule has 1 aliphatic heterocycles. The summed E-state index contributed by atoms with van der Waals surface area (Å²) < 4.78 is 33.6. The van der Waals surface area contributed by atoms with Crippen LogP contribution in [0.1, 0.15) is 47.1 Å². The van der Waals surface area contributed by atoms with Crippen molar-refractivity contribution in [1.82, 2.24) is 14.3 Å². The molecule has 0 amide bonds. The lowest BCUT2D eigenvalue weighted by molar-refractivity contribution is 0.0462. The highest BCUT2D eigenvalue weighted by atomic mass is 32.2. The van der Waals surface area contributed by atoms with Gasteiger partial charge in [-0.3, -0.25) is 0 Å². The monoisotopic (exact) mass is 468 g/mol. The summed E-state index contributed by atoms with van der Waals surface area (Å²) in [4.78, 5) is 21.6. The largest absolute Gasteiger partial charge is 0.454 e. The third kappa shape index (κ3) is 4.69. The molecular weight excluding hydrogens is 440 g/mol. The van der Waals surface area contributed by atoms with Crippen molar-refractivity contribution in [1.29, 1.82) is 0 Å². The first-order valence-electron chi connectivity index (χ1n) is 11.0. The van der Waals surface area contributed by atoms with E-state index in [2.05, 4.69) is 16.9 Å². The molecule has 2 aromatic carbocycles. The number of esters is 1. The molecule has 0 unspecified atom stereocenters. The Morgan fingerprint density at radius 1 is 1.15 bits per heavy atom. The number of sulfonamides is 1. The van der Waals surface area contributed by atoms with E-state index in [1.807, 2.05) is 18.2 Å². The maximum Gasteiger partial charge on any atom is 0.338 e. The summed E-state index contributed by atoms with van der Waals surface area (Å²) in [5.74, 6) is 0.449. The van der Waals surface area contributed by atoms with Gasteiger partial charge in [0.1, 0.15) is 5.82 Å². The van der Waals surface area contributed by atoms with Gasteiger partial charge in [0.25, 0.3) is 0 Å². The molecule has 174 valence electrons. The van der Waals surface area contributed by atoms with Gasteiger partial charge in [0.15, 0.2) is 12.4 Å². The lowest BCUT2D eigenvalue weighted by Gasteiger charge is -2.30. The number of rotatable bonds is 5. The lowest BCUT2D eigenvalue weighted by Crippen LogP contribution is -2.38. The summed E-state index contributed by atoms with van der Waals surface area (Å²) >= 11 is 0. The second-order valence-corrected chi connectivity index (χ2v) is 10.5. The van der Waals surface area contributed by atoms with Gasteiger partial charge in [0, 0.05) is 18.5 Å². The Hall–Kier alpha value is -3.04. The third-order valence-electron chi connectivity index (χ3n) is 6.23. The van der Waals surface area contributed by atoms with E-state index < -0.39 is 16.0 Å². The van der Waals surface area contributed by atoms with E-state index in [4.69, 9.17) is 10.5 Å². The van der Waals surface area contributed by atoms with Crippen molar-refractivity contribution in [3.8, 4) is 0 Å². The van der Waals surface area contributed by atoms with Crippen LogP contribution in [0, 0.1) is 19.8 Å². The average Bonchev–Trinajstić information content (AvgIpc) is 2.79. The predicted octanol–water partition coefficient (Wildman–Crippen LogP) is 3.61. The Morgan fingerprint density at radius 3 is 2.58 bits per heavy atom. The van der Waals surface area contributed by atoms with Crippen LogP contribution >= 0.6 is 0 Å². The van der Waals surface area contributed by atoms with E-state index >= 15 is 0 Å². The predicted molar refractivity (Wildman–Crippen MR) is 126 cm³/mol. The highest BCUT2D eigenvalue weighted by molar-refractivity contribution is 7.89. The van der Waals surface area contributed by atoms with E-state index in [0.717, 1.165) is 18.2 Å². The molecule has 1 aromatic heterocycles. The van der Waals surface area contributed by atoms with E-state index in [1.165, 1.54) is 10.4 Å². The molecule has 2 N–H and O–H groups in total. The van der Waals surface area contributed by atoms with Crippen LogP contribution in [-0.4, -0.2) is 41.7 Å². The highest BCUT2D eigenvalue weighted by Gasteiger charge is 2.30. The number of aryl methyl sites for hydroxylation is 1. The number of carbonyl (C=O) groups is 1. The molecule has 0 spiro atoms. The Balaban J connectivity index is 1.57. The standard InChI is InChI=1S/C24H28N4O4S/c1-15-8-10-28(11-9-15)33(30,31)21-13-18(12-16(2)17(21)3)24(29)32-14-22-26-20-7-5-4-6-19(20)23(25)27-22/h4-7,12-13,15H,8-11,14H2,1-3H3,(H2,25,26,27). The number of nitrogen functional groups attached to an aromatic ring is 1. The SMILES string of the molecule is Cc1cc(C(=O)OCc2nc(N)c3ccccc3n2)cc(S(=O)(=O)N2CCC(C)CC2)c1C. The van der Waals surface area contributed by atoms with Crippen LogP contribution in [0.2, 0.25) is 0 Å². The zero-order valence-electron chi connectivity index (χ0n) is 19.0. The fourth-order valence-electron chi connectivity index (χ4n) is 4.01. The maximum absolute atomic E-state index is 13.3. The first kappa shape index (κ1) is 23.1. The Bertz CT molecular complexity index is 1320. The summed E-state index contributed by atoms with van der Waals surface area (Å²) in [7, 11) is -3.71. The number of piperidine rings is 1. The molecule has 2 heterocycles. The molecule has 0 bridgehead atoms. The molecular formula is C24H28N4O4S. The molecule has 33 heavy (non-hydrogen) atoms. The molecule has 1 saturated heterocycles. The number of ether oxygens (including phenoxy) is 1. The van der Waals surface area contributed by atoms with Crippen molar-refractivity contribution in [2.24, 2.45) is 5.92 Å². The van der Waals surface area contributed by atoms with E-state index in [-0.39, 0.29) is 22.9 Å². The van der Waals surface area contributed by atoms with Crippen LogP contribution in [0.5, 0.6) is 0 Å². The molecule has 3 aromatic rings. The van der Waals surface area contributed by atoms with Crippen molar-refractivity contribution in [2.45, 2.75) is 45.1 Å². The van der Waals surface area contributed by atoms with Gasteiger partial charge in [-0.05, 0) is 68.0 Å². The van der Waals surface area contributed by atoms with Gasteiger partial charge in [-0.25, -0.2) is 23.2 Å². The van der Waals surface area contributed by atoms with Crippen molar-refractivity contribution in [2.75, 3.05) is 18.8 Å². The number of aromatic nitrogens is 2. The number of hydrogen-bond donors (Lipinski definition) is 1. The summed E-state index contributed by atoms with van der Waals surface area (Å²) in [6.45, 7) is 6.47. The smallest absolute Gasteiger partial charge is 0.338 e. The van der Waals surface area contributed by atoms with Crippen molar-refractivity contribution in [3.05, 3.63) is 58.9 Å². The molecule has 0 saturated carbocycles. The van der Waals surface area contributed by atoms with Gasteiger partial charge >= 0.3 is 5.97 Å². The fraction of sp³-hybridized carbons (Fsp3) is 0.375. The summed E-state index contributed by atoms with van der Waals surface area (Å²) in [5, 5.41) is 0.726. The van der Waals surface area contributed by atoms with Crippen LogP contribution in [0.3, 0.4) is 0 Å². The summed E-state index contributed by atoms with van der Waals surface area (Å²) in [6.07, 6.45) is 1.65. The van der Waals surface area contributed by atoms with Crippen LogP contribution in [0.4, 0.5) is 5.82 Å². The number of para-hydroxylation sites is 1. The number of anilines is 1. The Labute approximate surface area is 193 Å². The minimum absolute atomic E-state index is 0.148. The average molecular weight is 469 g/mol. The Morgan fingerprint density at radius 2 is 1.85 bits per heavy atom. The van der Waals surface area contributed by atoms with E-state index in [9.17, 15) is 13.2 Å². The molecule has 1 aliphatic rings. The number of nitrogens with zero attached hydrogens (tertiary/aromatic N) is 3. The molecule has 0 atom stereocenters. The number of carbonyl (C=O) groups excluding carboxylic acids is 1. The zero-order chi connectivity index (χ0) is 23.8. The molecule has 9 heteroatoms. The van der Waals surface area contributed by atoms with Crippen LogP contribution in [0.25, 0.3) is 10.9 Å². The number of fused-ring (bicyclic) bond motifs is 1. The quantitative estimate of drug-likeness (QED) is 0.569. The first-order valence-corrected chi connectivity index (χ1v) is 12.4. The minimum atomic E-state index is -3.71. The van der Waals surface area contributed by atoms with Crippen molar-refractivity contribution >= 4 is 32.7 Å². The normalized spacial score (nSPS) is 15.6. The van der Waals surface area contributed by atoms with Gasteiger partial charge < -0.3 is 10.5 Å². The summed E-state index contributed by atoms with van der Waals surface area (Å²) in [5.41, 5.74) is 8.17. The van der Waals surface area contributed by atoms with Gasteiger partial charge in [-0.15, -0.1) is 0 Å². The lowest BCUT2D eigenvalue weighted by atomic mass is 10.0. The molecule has 0 radical (unpaired) electrons. The van der Waals surface area contributed by atoms with Crippen molar-refractivity contribution < 1.29 is 17.9 Å². The van der Waals surface area contributed by atoms with Crippen LogP contribution in [-0.2, 0) is 21.4 Å². The maximum atomic E-state index is 13.3. The summed E-state index contributed by atoms with van der Waals surface area (Å²) in [6, 6.07) is 10.4. The molecule has 8 nitrogen and oxygen atoms in total. The fourth-order valence-corrected chi connectivity index (χ4v) is 5.80. The number of benzene rings is 2. The topological polar surface area (TPSA) is 115 Å². The first-order chi connectivity index (χ1) is 15.7. The van der Waals surface area contributed by atoms with Crippen LogP contribution < -0.4 is 5.73 Å². The van der Waals surface area contributed by atoms with E-state index in [0.29, 0.717) is 41.5 Å². The number of nitrogens with two attached hydrogens (primary N) is 1. The minimum Gasteiger partial charge on any atom is -0.454 e. The van der Waals surface area contributed by atoms with Crippen molar-refractivity contribution in [3.63, 3.8) is 0 Å². The third-order valence-corrected chi connectivity index (χ3v) is 8.25. The second-order valence-electron chi connectivity index (χ2n) is 8.62. The molecule has 1 fully saturated rings. The zero-order valence-corrected chi connectivity index (χ0v) is 19.9. The molecule has 4 rings (SSSR count). The Kier molecular flexibility index (Phi) is 6.36. The number of hydrogen-bond acceptors (Lipinski definition) is 7. The molecule has 0 aliphatic carbocycles. The van der Waals surface area contributed by atoms with E-state index in [1.54, 1.807) is 26.0 Å². The second kappa shape index (κ2) is 9.07. The van der Waals surface area contributed by atoms with Gasteiger partial charge in [0.2, 0.25) is 10.0 Å². The van der Waals surface area contributed by atoms with Gasteiger partial charge in [-0.2, -0.15) is 4.31 Å². The van der Waals surface area contributed by atoms with Crippen LogP contribution in [0.15, 0.2) is 41.3 Å².